The van der Waals surface area contributed by atoms with Gasteiger partial charge in [0.2, 0.25) is 0 Å². The third-order valence-corrected chi connectivity index (χ3v) is 2.95. The van der Waals surface area contributed by atoms with Crippen molar-refractivity contribution in [2.24, 2.45) is 5.10 Å². The van der Waals surface area contributed by atoms with Crippen LogP contribution in [0.1, 0.15) is 12.5 Å². The third kappa shape index (κ3) is 2.48. The predicted octanol–water partition coefficient (Wildman–Crippen LogP) is 2.84. The van der Waals surface area contributed by atoms with E-state index in [2.05, 4.69) is 10.5 Å². The number of hydrogen-bond acceptors (Lipinski definition) is 4. The highest BCUT2D eigenvalue weighted by Crippen LogP contribution is 2.21. The molecule has 0 atom stereocenters. The summed E-state index contributed by atoms with van der Waals surface area (Å²) in [6.07, 6.45) is 0. The summed E-state index contributed by atoms with van der Waals surface area (Å²) in [5.41, 5.74) is 5.18. The van der Waals surface area contributed by atoms with E-state index in [9.17, 15) is 0 Å². The Bertz CT molecular complexity index is 482. The number of halogens is 2. The Kier molecular flexibility index (Phi) is 3.45. The monoisotopic (exact) mass is 271 g/mol. The smallest absolute Gasteiger partial charge is 0.128 e. The summed E-state index contributed by atoms with van der Waals surface area (Å²) in [4.78, 5) is 0. The van der Waals surface area contributed by atoms with Gasteiger partial charge in [-0.25, -0.2) is 0 Å². The van der Waals surface area contributed by atoms with Gasteiger partial charge in [0, 0.05) is 11.1 Å². The molecule has 0 aromatic heterocycles. The summed E-state index contributed by atoms with van der Waals surface area (Å²) in [5, 5.41) is 4.62. The maximum Gasteiger partial charge on any atom is 0.128 e. The van der Waals surface area contributed by atoms with Gasteiger partial charge in [0.25, 0.3) is 0 Å². The van der Waals surface area contributed by atoms with Gasteiger partial charge in [-0.3, -0.25) is 5.43 Å². The van der Waals surface area contributed by atoms with Crippen LogP contribution >= 0.6 is 23.4 Å². The van der Waals surface area contributed by atoms with E-state index >= 15 is 0 Å². The normalized spacial score (nSPS) is 15.5. The van der Waals surface area contributed by atoms with Gasteiger partial charge in [-0.05, 0) is 31.2 Å². The van der Waals surface area contributed by atoms with Crippen LogP contribution < -0.4 is 10.2 Å². The van der Waals surface area contributed by atoms with Gasteiger partial charge in [0.1, 0.15) is 10.9 Å². The van der Waals surface area contributed by atoms with Gasteiger partial charge >= 0.3 is 0 Å². The van der Waals surface area contributed by atoms with E-state index in [0.29, 0.717) is 5.16 Å². The first-order valence-corrected chi connectivity index (χ1v) is 5.65. The topological polar surface area (TPSA) is 36.9 Å². The molecule has 0 saturated carbocycles. The lowest BCUT2D eigenvalue weighted by Gasteiger charge is -2.21. The number of nitrogens with zero attached hydrogens (tertiary/aromatic N) is 2. The molecule has 1 heterocycles. The van der Waals surface area contributed by atoms with Crippen molar-refractivity contribution in [1.82, 2.24) is 10.1 Å². The van der Waals surface area contributed by atoms with Crippen LogP contribution in [0.4, 0.5) is 0 Å². The SMILES string of the molecule is COc1ccc(C2=NN(Cl)NC(Cl)=C2C)cc1. The number of allylic oxidation sites excluding steroid dienone is 1. The zero-order chi connectivity index (χ0) is 12.4. The standard InChI is InChI=1S/C11H11Cl2N3O/c1-7-10(14-16(13)15-11(7)12)8-3-5-9(17-2)6-4-8/h3-6,15H,1-2H3. The van der Waals surface area contributed by atoms with E-state index in [1.165, 1.54) is 0 Å². The number of benzene rings is 1. The third-order valence-electron chi connectivity index (χ3n) is 2.43. The van der Waals surface area contributed by atoms with Gasteiger partial charge in [0.15, 0.2) is 0 Å². The molecule has 0 fully saturated rings. The number of hydrazone groups is 1. The maximum absolute atomic E-state index is 6.00. The first-order chi connectivity index (χ1) is 8.11. The Labute approximate surface area is 110 Å². The molecule has 2 rings (SSSR count). The van der Waals surface area contributed by atoms with Gasteiger partial charge in [-0.1, -0.05) is 11.6 Å². The molecule has 17 heavy (non-hydrogen) atoms. The fourth-order valence-corrected chi connectivity index (χ4v) is 1.85. The highest BCUT2D eigenvalue weighted by atomic mass is 35.5. The number of ether oxygens (including phenoxy) is 1. The molecule has 0 saturated heterocycles. The average molecular weight is 272 g/mol. The van der Waals surface area contributed by atoms with Crippen molar-refractivity contribution < 1.29 is 4.74 Å². The molecule has 0 bridgehead atoms. The second kappa shape index (κ2) is 4.85. The number of rotatable bonds is 2. The molecular weight excluding hydrogens is 261 g/mol. The van der Waals surface area contributed by atoms with Crippen LogP contribution in [0, 0.1) is 0 Å². The molecule has 1 aliphatic rings. The van der Waals surface area contributed by atoms with E-state index in [-0.39, 0.29) is 0 Å². The number of nitrogens with one attached hydrogen (secondary N) is 1. The Morgan fingerprint density at radius 3 is 2.53 bits per heavy atom. The van der Waals surface area contributed by atoms with Crippen LogP contribution in [-0.4, -0.2) is 17.5 Å². The average Bonchev–Trinajstić information content (AvgIpc) is 2.34. The zero-order valence-corrected chi connectivity index (χ0v) is 10.9. The van der Waals surface area contributed by atoms with Gasteiger partial charge < -0.3 is 4.74 Å². The summed E-state index contributed by atoms with van der Waals surface area (Å²) in [5.74, 6) is 0.791. The van der Waals surface area contributed by atoms with Crippen LogP contribution in [-0.2, 0) is 0 Å². The van der Waals surface area contributed by atoms with Crippen molar-refractivity contribution in [3.8, 4) is 5.75 Å². The molecule has 1 aromatic carbocycles. The van der Waals surface area contributed by atoms with Gasteiger partial charge in [0.05, 0.1) is 24.6 Å². The number of hydrogen-bond donors (Lipinski definition) is 1. The summed E-state index contributed by atoms with van der Waals surface area (Å²) in [7, 11) is 1.62. The summed E-state index contributed by atoms with van der Waals surface area (Å²) >= 11 is 11.8. The molecule has 6 heteroatoms. The van der Waals surface area contributed by atoms with Crippen molar-refractivity contribution in [3.05, 3.63) is 40.6 Å². The molecule has 1 aliphatic heterocycles. The fraction of sp³-hybridized carbons (Fsp3) is 0.182. The fourth-order valence-electron chi connectivity index (χ4n) is 1.48. The lowest BCUT2D eigenvalue weighted by Crippen LogP contribution is -2.30. The molecule has 0 aliphatic carbocycles. The molecule has 4 nitrogen and oxygen atoms in total. The minimum absolute atomic E-state index is 0.459. The summed E-state index contributed by atoms with van der Waals surface area (Å²) in [6.45, 7) is 1.88. The largest absolute Gasteiger partial charge is 0.497 e. The van der Waals surface area contributed by atoms with E-state index in [1.54, 1.807) is 7.11 Å². The van der Waals surface area contributed by atoms with Crippen LogP contribution in [0.15, 0.2) is 40.1 Å². The van der Waals surface area contributed by atoms with Crippen molar-refractivity contribution in [1.29, 1.82) is 0 Å². The molecule has 1 aromatic rings. The van der Waals surface area contributed by atoms with Gasteiger partial charge in [-0.15, -0.1) is 9.74 Å². The Balaban J connectivity index is 2.38. The second-order valence-electron chi connectivity index (χ2n) is 3.49. The molecule has 0 spiro atoms. The lowest BCUT2D eigenvalue weighted by atomic mass is 10.0. The van der Waals surface area contributed by atoms with Gasteiger partial charge in [-0.2, -0.15) is 0 Å². The molecule has 0 unspecified atom stereocenters. The van der Waals surface area contributed by atoms with E-state index < -0.39 is 0 Å². The quantitative estimate of drug-likeness (QED) is 0.664. The Hall–Kier alpha value is -1.39. The van der Waals surface area contributed by atoms with Crippen LogP contribution in [0.3, 0.4) is 0 Å². The molecule has 0 radical (unpaired) electrons. The molecule has 0 amide bonds. The highest BCUT2D eigenvalue weighted by molar-refractivity contribution is 6.33. The molecule has 90 valence electrons. The minimum Gasteiger partial charge on any atom is -0.497 e. The minimum atomic E-state index is 0.459. The molecular formula is C11H11Cl2N3O. The van der Waals surface area contributed by atoms with Crippen LogP contribution in [0.25, 0.3) is 0 Å². The van der Waals surface area contributed by atoms with E-state index in [4.69, 9.17) is 28.1 Å². The number of methoxy groups -OCH3 is 1. The number of hydrazine groups is 1. The second-order valence-corrected chi connectivity index (χ2v) is 4.19. The lowest BCUT2D eigenvalue weighted by molar-refractivity contribution is 0.402. The zero-order valence-electron chi connectivity index (χ0n) is 9.37. The summed E-state index contributed by atoms with van der Waals surface area (Å²) < 4.78 is 6.16. The van der Waals surface area contributed by atoms with Crippen molar-refractivity contribution >= 4 is 29.1 Å². The summed E-state index contributed by atoms with van der Waals surface area (Å²) in [6, 6.07) is 7.53. The molecule has 1 N–H and O–H groups in total. The highest BCUT2D eigenvalue weighted by Gasteiger charge is 2.17. The van der Waals surface area contributed by atoms with Crippen LogP contribution in [0.2, 0.25) is 0 Å². The predicted molar refractivity (Wildman–Crippen MR) is 68.9 cm³/mol. The van der Waals surface area contributed by atoms with Crippen LogP contribution in [0.5, 0.6) is 5.75 Å². The van der Waals surface area contributed by atoms with Crippen molar-refractivity contribution in [3.63, 3.8) is 0 Å². The first kappa shape index (κ1) is 12.1. The Morgan fingerprint density at radius 2 is 1.94 bits per heavy atom. The maximum atomic E-state index is 6.00. The first-order valence-electron chi connectivity index (χ1n) is 4.94. The van der Waals surface area contributed by atoms with Crippen molar-refractivity contribution in [2.75, 3.05) is 7.11 Å². The van der Waals surface area contributed by atoms with E-state index in [1.807, 2.05) is 31.2 Å². The van der Waals surface area contributed by atoms with Crippen molar-refractivity contribution in [2.45, 2.75) is 6.92 Å². The van der Waals surface area contributed by atoms with E-state index in [0.717, 1.165) is 27.2 Å². The Morgan fingerprint density at radius 1 is 1.29 bits per heavy atom.